The second-order valence-electron chi connectivity index (χ2n) is 13.8. The first-order chi connectivity index (χ1) is 21.4. The number of nitrogens with zero attached hydrogens (tertiary/aromatic N) is 1. The van der Waals surface area contributed by atoms with E-state index in [4.69, 9.17) is 16.3 Å². The summed E-state index contributed by atoms with van der Waals surface area (Å²) in [7, 11) is -3.95. The van der Waals surface area contributed by atoms with Gasteiger partial charge in [0.15, 0.2) is 0 Å². The highest BCUT2D eigenvalue weighted by Gasteiger charge is 2.47. The zero-order valence-electron chi connectivity index (χ0n) is 26.3. The zero-order chi connectivity index (χ0) is 32.0. The Morgan fingerprint density at radius 1 is 1.20 bits per heavy atom. The second-order valence-corrected chi connectivity index (χ2v) is 16.3. The fourth-order valence-electron chi connectivity index (χ4n) is 7.97. The Labute approximate surface area is 272 Å². The van der Waals surface area contributed by atoms with Gasteiger partial charge in [-0.1, -0.05) is 42.8 Å². The molecular formula is C36H45ClN2O5S. The fourth-order valence-corrected chi connectivity index (χ4v) is 9.45. The van der Waals surface area contributed by atoms with Crippen molar-refractivity contribution in [2.45, 2.75) is 81.5 Å². The molecule has 2 aliphatic heterocycles. The molecule has 2 aromatic rings. The van der Waals surface area contributed by atoms with Crippen LogP contribution in [0.25, 0.3) is 0 Å². The van der Waals surface area contributed by atoms with Crippen molar-refractivity contribution in [2.24, 2.45) is 17.8 Å². The Hall–Kier alpha value is -2.81. The van der Waals surface area contributed by atoms with Gasteiger partial charge >= 0.3 is 0 Å². The maximum absolute atomic E-state index is 13.4. The molecule has 6 atom stereocenters. The number of sulfonamides is 1. The molecule has 7 nitrogen and oxygen atoms in total. The van der Waals surface area contributed by atoms with Gasteiger partial charge in [-0.15, -0.1) is 6.58 Å². The van der Waals surface area contributed by atoms with E-state index in [9.17, 15) is 18.3 Å². The van der Waals surface area contributed by atoms with Gasteiger partial charge in [0.25, 0.3) is 5.91 Å². The molecule has 0 aromatic heterocycles. The van der Waals surface area contributed by atoms with Crippen LogP contribution in [-0.2, 0) is 21.9 Å². The van der Waals surface area contributed by atoms with Gasteiger partial charge in [0.2, 0.25) is 10.0 Å². The van der Waals surface area contributed by atoms with Crippen LogP contribution >= 0.6 is 11.6 Å². The second kappa shape index (κ2) is 12.4. The lowest BCUT2D eigenvalue weighted by Crippen LogP contribution is -2.52. The minimum atomic E-state index is -3.95. The van der Waals surface area contributed by atoms with Gasteiger partial charge < -0.3 is 14.7 Å². The molecule has 2 aliphatic carbocycles. The van der Waals surface area contributed by atoms with Crippen LogP contribution in [0.1, 0.15) is 80.3 Å². The molecule has 1 spiro atoms. The van der Waals surface area contributed by atoms with Gasteiger partial charge in [-0.3, -0.25) is 4.79 Å². The predicted octanol–water partition coefficient (Wildman–Crippen LogP) is 6.58. The number of hydrogen-bond acceptors (Lipinski definition) is 6. The third kappa shape index (κ3) is 6.18. The fraction of sp³-hybridized carbons (Fsp3) is 0.528. The van der Waals surface area contributed by atoms with E-state index in [0.717, 1.165) is 42.8 Å². The normalized spacial score (nSPS) is 33.4. The number of nitrogens with one attached hydrogen (secondary N) is 1. The smallest absolute Gasteiger partial charge is 0.264 e. The highest BCUT2D eigenvalue weighted by atomic mass is 35.5. The Kier molecular flexibility index (Phi) is 8.87. The average Bonchev–Trinajstić information content (AvgIpc) is 3.14. The maximum Gasteiger partial charge on any atom is 0.264 e. The first kappa shape index (κ1) is 32.1. The molecule has 2 bridgehead atoms. The van der Waals surface area contributed by atoms with Crippen LogP contribution in [0.5, 0.6) is 5.75 Å². The summed E-state index contributed by atoms with van der Waals surface area (Å²) in [4.78, 5) is 15.8. The van der Waals surface area contributed by atoms with E-state index >= 15 is 0 Å². The minimum Gasteiger partial charge on any atom is -0.490 e. The summed E-state index contributed by atoms with van der Waals surface area (Å²) in [5, 5.41) is 12.1. The average molecular weight is 653 g/mol. The largest absolute Gasteiger partial charge is 0.490 e. The molecule has 9 heteroatoms. The van der Waals surface area contributed by atoms with Crippen molar-refractivity contribution < 1.29 is 23.1 Å². The van der Waals surface area contributed by atoms with Gasteiger partial charge in [-0.2, -0.15) is 0 Å². The Bertz CT molecular complexity index is 1610. The molecule has 1 fully saturated rings. The first-order valence-electron chi connectivity index (χ1n) is 16.3. The minimum absolute atomic E-state index is 0.0468. The summed E-state index contributed by atoms with van der Waals surface area (Å²) in [5.74, 6) is 0.0404. The summed E-state index contributed by atoms with van der Waals surface area (Å²) < 4.78 is 35.6. The van der Waals surface area contributed by atoms with Gasteiger partial charge in [0.1, 0.15) is 5.75 Å². The molecular weight excluding hydrogens is 608 g/mol. The number of amides is 1. The lowest BCUT2D eigenvalue weighted by Gasteiger charge is -2.49. The number of carbonyl (C=O) groups is 1. The Morgan fingerprint density at radius 2 is 2.02 bits per heavy atom. The Balaban J connectivity index is 1.45. The molecule has 0 unspecified atom stereocenters. The van der Waals surface area contributed by atoms with Crippen LogP contribution in [0, 0.1) is 17.8 Å². The van der Waals surface area contributed by atoms with Crippen LogP contribution in [0.4, 0.5) is 5.69 Å². The maximum atomic E-state index is 13.4. The van der Waals surface area contributed by atoms with Gasteiger partial charge in [0, 0.05) is 29.1 Å². The number of carbonyl (C=O) groups excluding carboxylic acids is 1. The number of aliphatic hydroxyl groups is 1. The third-order valence-electron chi connectivity index (χ3n) is 11.0. The molecule has 4 aliphatic rings. The van der Waals surface area contributed by atoms with Crippen molar-refractivity contribution in [1.82, 2.24) is 4.72 Å². The number of allylic oxidation sites excluding steroid dienone is 2. The van der Waals surface area contributed by atoms with Crippen LogP contribution in [0.2, 0.25) is 5.02 Å². The number of hydrogen-bond donors (Lipinski definition) is 2. The van der Waals surface area contributed by atoms with Crippen molar-refractivity contribution >= 4 is 33.2 Å². The topological polar surface area (TPSA) is 95.9 Å². The van der Waals surface area contributed by atoms with E-state index in [-0.39, 0.29) is 28.7 Å². The van der Waals surface area contributed by atoms with Crippen molar-refractivity contribution in [3.8, 4) is 5.75 Å². The molecule has 2 heterocycles. The number of ether oxygens (including phenoxy) is 1. The number of benzene rings is 2. The predicted molar refractivity (Wildman–Crippen MR) is 180 cm³/mol. The van der Waals surface area contributed by atoms with E-state index in [1.165, 1.54) is 11.1 Å². The monoisotopic (exact) mass is 652 g/mol. The molecule has 2 aromatic carbocycles. The number of halogens is 1. The molecule has 0 saturated heterocycles. The number of fused-ring (bicyclic) bond motifs is 4. The van der Waals surface area contributed by atoms with E-state index < -0.39 is 26.8 Å². The highest BCUT2D eigenvalue weighted by molar-refractivity contribution is 7.90. The van der Waals surface area contributed by atoms with Gasteiger partial charge in [-0.25, -0.2) is 13.1 Å². The zero-order valence-corrected chi connectivity index (χ0v) is 27.9. The molecule has 1 saturated carbocycles. The highest BCUT2D eigenvalue weighted by Crippen LogP contribution is 2.49. The summed E-state index contributed by atoms with van der Waals surface area (Å²) in [5.41, 5.74) is 2.24. The lowest BCUT2D eigenvalue weighted by molar-refractivity contribution is -0.0499. The lowest BCUT2D eigenvalue weighted by atomic mass is 9.63. The molecule has 2 N–H and O–H groups in total. The van der Waals surface area contributed by atoms with Crippen molar-refractivity contribution in [3.63, 3.8) is 0 Å². The van der Waals surface area contributed by atoms with E-state index in [1.54, 1.807) is 25.1 Å². The standard InChI is InChI=1S/C36H45ClN2O5S/c1-4-5-17-36(41)18-6-8-24(2)25(3)45(42,43)38-34(40)27-11-15-33-32(20-27)39(21-28-10-13-31(28)36)22-35(23-44-33)16-7-9-26-19-29(37)12-14-30(26)35/h4,6,11-12,14-15,18-20,24-25,28,31,41H,1,5,7-10,13,16-17,21-23H2,2-3H3,(H,38,40)/b18-6+/t24-,25+,28-,31+,35-,36-/m0/s1. The summed E-state index contributed by atoms with van der Waals surface area (Å²) >= 11 is 6.42. The molecule has 0 radical (unpaired) electrons. The molecule has 6 rings (SSSR count). The van der Waals surface area contributed by atoms with Crippen molar-refractivity contribution in [3.05, 3.63) is 82.9 Å². The van der Waals surface area contributed by atoms with Crippen molar-refractivity contribution in [1.29, 1.82) is 0 Å². The number of anilines is 1. The third-order valence-corrected chi connectivity index (χ3v) is 13.2. The van der Waals surface area contributed by atoms with Crippen LogP contribution < -0.4 is 14.4 Å². The molecule has 1 amide bonds. The molecule has 45 heavy (non-hydrogen) atoms. The summed E-state index contributed by atoms with van der Waals surface area (Å²) in [6.07, 6.45) is 12.2. The quantitative estimate of drug-likeness (QED) is 0.364. The SMILES string of the molecule is C=CCC[C@]1(O)/C=C/C[C@H](C)[C@@H](C)S(=O)(=O)NC(=O)c2ccc3c(c2)N(C[C@@H]2CC[C@H]21)C[C@@]1(CCCc2cc(Cl)ccc21)CO3. The van der Waals surface area contributed by atoms with E-state index in [2.05, 4.69) is 28.3 Å². The number of rotatable bonds is 3. The summed E-state index contributed by atoms with van der Waals surface area (Å²) in [6, 6.07) is 11.4. The van der Waals surface area contributed by atoms with Gasteiger partial charge in [0.05, 0.1) is 23.1 Å². The summed E-state index contributed by atoms with van der Waals surface area (Å²) in [6.45, 7) is 9.24. The van der Waals surface area contributed by atoms with E-state index in [1.807, 2.05) is 31.2 Å². The van der Waals surface area contributed by atoms with E-state index in [0.29, 0.717) is 44.7 Å². The Morgan fingerprint density at radius 3 is 2.78 bits per heavy atom. The first-order valence-corrected chi connectivity index (χ1v) is 18.2. The van der Waals surface area contributed by atoms with Crippen LogP contribution in [0.3, 0.4) is 0 Å². The number of aryl methyl sites for hydroxylation is 1. The van der Waals surface area contributed by atoms with Crippen molar-refractivity contribution in [2.75, 3.05) is 24.6 Å². The van der Waals surface area contributed by atoms with Gasteiger partial charge in [-0.05, 0) is 118 Å². The van der Waals surface area contributed by atoms with Crippen LogP contribution in [-0.4, -0.2) is 50.0 Å². The molecule has 242 valence electrons. The van der Waals surface area contributed by atoms with Crippen LogP contribution in [0.15, 0.2) is 61.2 Å².